The number of thioether (sulfide) groups is 1. The Morgan fingerprint density at radius 3 is 2.39 bits per heavy atom. The fourth-order valence-electron chi connectivity index (χ4n) is 1.77. The second kappa shape index (κ2) is 8.40. The lowest BCUT2D eigenvalue weighted by molar-refractivity contribution is 0.156. The largest absolute Gasteiger partial charge is 0.394 e. The van der Waals surface area contributed by atoms with Crippen LogP contribution in [0.5, 0.6) is 0 Å². The van der Waals surface area contributed by atoms with Gasteiger partial charge in [-0.05, 0) is 25.5 Å². The van der Waals surface area contributed by atoms with E-state index in [4.69, 9.17) is 0 Å². The Bertz CT molecular complexity index is 317. The summed E-state index contributed by atoms with van der Waals surface area (Å²) in [5.41, 5.74) is -0.231. The van der Waals surface area contributed by atoms with Gasteiger partial charge in [0.15, 0.2) is 0 Å². The number of rotatable bonds is 10. The highest BCUT2D eigenvalue weighted by Gasteiger charge is 2.22. The van der Waals surface area contributed by atoms with Gasteiger partial charge in [-0.25, -0.2) is 8.42 Å². The average molecular weight is 297 g/mol. The molecule has 0 aromatic carbocycles. The lowest BCUT2D eigenvalue weighted by atomic mass is 9.96. The minimum Gasteiger partial charge on any atom is -0.394 e. The molecule has 4 nitrogen and oxygen atoms in total. The summed E-state index contributed by atoms with van der Waals surface area (Å²) in [5, 5.41) is 12.8. The van der Waals surface area contributed by atoms with Crippen LogP contribution < -0.4 is 5.32 Å². The molecule has 0 spiro atoms. The lowest BCUT2D eigenvalue weighted by Crippen LogP contribution is -2.49. The molecule has 110 valence electrons. The fraction of sp³-hybridized carbons (Fsp3) is 1.00. The van der Waals surface area contributed by atoms with Crippen molar-refractivity contribution in [2.45, 2.75) is 45.2 Å². The minimum absolute atomic E-state index is 0.124. The van der Waals surface area contributed by atoms with Crippen LogP contribution in [0.1, 0.15) is 33.6 Å². The topological polar surface area (TPSA) is 66.4 Å². The first-order chi connectivity index (χ1) is 8.18. The van der Waals surface area contributed by atoms with Crippen molar-refractivity contribution in [2.24, 2.45) is 0 Å². The molecule has 0 heterocycles. The summed E-state index contributed by atoms with van der Waals surface area (Å²) in [6.07, 6.45) is 3.14. The number of nitrogens with one attached hydrogen (secondary N) is 1. The van der Waals surface area contributed by atoms with Gasteiger partial charge in [0.2, 0.25) is 0 Å². The van der Waals surface area contributed by atoms with E-state index in [0.29, 0.717) is 11.8 Å². The average Bonchev–Trinajstić information content (AvgIpc) is 2.20. The maximum Gasteiger partial charge on any atom is 0.148 e. The van der Waals surface area contributed by atoms with Gasteiger partial charge < -0.3 is 10.4 Å². The maximum atomic E-state index is 10.9. The summed E-state index contributed by atoms with van der Waals surface area (Å²) in [6.45, 7) is 6.27. The smallest absolute Gasteiger partial charge is 0.148 e. The zero-order valence-electron chi connectivity index (χ0n) is 11.9. The summed E-state index contributed by atoms with van der Waals surface area (Å²) in [5.74, 6) is 1.84. The Hall–Kier alpha value is 0.220. The van der Waals surface area contributed by atoms with Gasteiger partial charge in [0.1, 0.15) is 9.84 Å². The van der Waals surface area contributed by atoms with E-state index in [1.54, 1.807) is 11.8 Å². The van der Waals surface area contributed by atoms with Crippen LogP contribution in [0.25, 0.3) is 0 Å². The molecule has 0 aromatic rings. The molecule has 0 saturated heterocycles. The number of aliphatic hydroxyl groups excluding tert-OH is 1. The predicted molar refractivity (Wildman–Crippen MR) is 80.0 cm³/mol. The first-order valence-corrected chi connectivity index (χ1v) is 9.54. The zero-order valence-corrected chi connectivity index (χ0v) is 13.5. The molecule has 0 amide bonds. The van der Waals surface area contributed by atoms with Crippen molar-refractivity contribution < 1.29 is 13.5 Å². The first-order valence-electron chi connectivity index (χ1n) is 6.32. The van der Waals surface area contributed by atoms with Crippen molar-refractivity contribution in [3.05, 3.63) is 0 Å². The zero-order chi connectivity index (χ0) is 14.2. The van der Waals surface area contributed by atoms with E-state index in [0.717, 1.165) is 18.6 Å². The van der Waals surface area contributed by atoms with Crippen LogP contribution in [0, 0.1) is 0 Å². The summed E-state index contributed by atoms with van der Waals surface area (Å²) < 4.78 is 21.9. The van der Waals surface area contributed by atoms with Crippen molar-refractivity contribution in [3.63, 3.8) is 0 Å². The minimum atomic E-state index is -2.83. The fourth-order valence-corrected chi connectivity index (χ4v) is 4.01. The molecule has 0 aliphatic carbocycles. The van der Waals surface area contributed by atoms with E-state index >= 15 is 0 Å². The number of aliphatic hydroxyl groups is 1. The van der Waals surface area contributed by atoms with Gasteiger partial charge in [-0.15, -0.1) is 0 Å². The molecule has 18 heavy (non-hydrogen) atoms. The Kier molecular flexibility index (Phi) is 8.51. The van der Waals surface area contributed by atoms with E-state index in [1.807, 2.05) is 6.92 Å². The molecular weight excluding hydrogens is 270 g/mol. The maximum absolute atomic E-state index is 10.9. The predicted octanol–water partition coefficient (Wildman–Crippen LogP) is 1.29. The van der Waals surface area contributed by atoms with Gasteiger partial charge >= 0.3 is 0 Å². The first kappa shape index (κ1) is 18.2. The number of sulfone groups is 1. The van der Waals surface area contributed by atoms with Gasteiger partial charge in [-0.2, -0.15) is 11.8 Å². The SMILES string of the molecule is CC(C)NC(C)(CO)CCCSCCS(C)(=O)=O. The molecule has 0 fully saturated rings. The molecule has 0 aliphatic rings. The van der Waals surface area contributed by atoms with Crippen LogP contribution in [0.2, 0.25) is 0 Å². The third kappa shape index (κ3) is 10.2. The Morgan fingerprint density at radius 1 is 1.33 bits per heavy atom. The Morgan fingerprint density at radius 2 is 1.94 bits per heavy atom. The molecule has 0 rings (SSSR count). The molecule has 0 radical (unpaired) electrons. The van der Waals surface area contributed by atoms with Crippen LogP contribution in [-0.4, -0.2) is 55.2 Å². The van der Waals surface area contributed by atoms with E-state index in [2.05, 4.69) is 19.2 Å². The summed E-state index contributed by atoms with van der Waals surface area (Å²) in [6, 6.07) is 0.347. The van der Waals surface area contributed by atoms with Gasteiger partial charge in [0.05, 0.1) is 12.4 Å². The highest BCUT2D eigenvalue weighted by Crippen LogP contribution is 2.15. The number of hydrogen-bond acceptors (Lipinski definition) is 5. The van der Waals surface area contributed by atoms with E-state index < -0.39 is 9.84 Å². The van der Waals surface area contributed by atoms with Crippen molar-refractivity contribution in [2.75, 3.05) is 30.1 Å². The molecular formula is C12H27NO3S2. The molecule has 0 aromatic heterocycles. The molecule has 1 unspecified atom stereocenters. The monoisotopic (exact) mass is 297 g/mol. The van der Waals surface area contributed by atoms with Gasteiger partial charge in [-0.1, -0.05) is 13.8 Å². The van der Waals surface area contributed by atoms with Crippen LogP contribution in [0.4, 0.5) is 0 Å². The van der Waals surface area contributed by atoms with Crippen LogP contribution in [0.15, 0.2) is 0 Å². The standard InChI is InChI=1S/C12H27NO3S2/c1-11(2)13-12(3,10-14)6-5-7-17-8-9-18(4,15)16/h11,13-14H,5-10H2,1-4H3. The van der Waals surface area contributed by atoms with E-state index in [-0.39, 0.29) is 17.9 Å². The normalized spacial score (nSPS) is 15.9. The summed E-state index contributed by atoms with van der Waals surface area (Å²) in [7, 11) is -2.83. The van der Waals surface area contributed by atoms with Gasteiger partial charge in [0, 0.05) is 23.6 Å². The quantitative estimate of drug-likeness (QED) is 0.595. The number of hydrogen-bond donors (Lipinski definition) is 2. The summed E-state index contributed by atoms with van der Waals surface area (Å²) >= 11 is 1.66. The highest BCUT2D eigenvalue weighted by atomic mass is 32.2. The molecule has 2 N–H and O–H groups in total. The Labute approximate surface area is 116 Å². The third-order valence-corrected chi connectivity index (χ3v) is 4.88. The second-order valence-electron chi connectivity index (χ2n) is 5.36. The van der Waals surface area contributed by atoms with Crippen molar-refractivity contribution in [1.29, 1.82) is 0 Å². The third-order valence-electron chi connectivity index (χ3n) is 2.60. The lowest BCUT2D eigenvalue weighted by Gasteiger charge is -2.31. The second-order valence-corrected chi connectivity index (χ2v) is 8.85. The molecule has 0 saturated carbocycles. The highest BCUT2D eigenvalue weighted by molar-refractivity contribution is 8.00. The van der Waals surface area contributed by atoms with Gasteiger partial charge in [0.25, 0.3) is 0 Å². The van der Waals surface area contributed by atoms with Crippen LogP contribution >= 0.6 is 11.8 Å². The molecule has 6 heteroatoms. The van der Waals surface area contributed by atoms with Crippen molar-refractivity contribution in [3.8, 4) is 0 Å². The van der Waals surface area contributed by atoms with Crippen LogP contribution in [0.3, 0.4) is 0 Å². The molecule has 0 aliphatic heterocycles. The van der Waals surface area contributed by atoms with Crippen molar-refractivity contribution >= 4 is 21.6 Å². The summed E-state index contributed by atoms with van der Waals surface area (Å²) in [4.78, 5) is 0. The van der Waals surface area contributed by atoms with Gasteiger partial charge in [-0.3, -0.25) is 0 Å². The van der Waals surface area contributed by atoms with Crippen molar-refractivity contribution in [1.82, 2.24) is 5.32 Å². The Balaban J connectivity index is 3.75. The molecule has 0 bridgehead atoms. The van der Waals surface area contributed by atoms with Crippen LogP contribution in [-0.2, 0) is 9.84 Å². The van der Waals surface area contributed by atoms with E-state index in [9.17, 15) is 13.5 Å². The van der Waals surface area contributed by atoms with E-state index in [1.165, 1.54) is 6.26 Å². The molecule has 1 atom stereocenters.